The smallest absolute Gasteiger partial charge is 0.285 e. The largest absolute Gasteiger partial charge is 0.294 e. The first-order chi connectivity index (χ1) is 7.62. The standard InChI is InChI=1S/C6H6O6S2.CHClO/c7-13(8,9)5-2-1-3-6(4-5)14(10,11)12;2-1-3/h1-4H,(H,7,8,9)(H,10,11,12);1H. The van der Waals surface area contributed by atoms with Crippen LogP contribution in [0, 0.1) is 0 Å². The highest BCUT2D eigenvalue weighted by Gasteiger charge is 2.15. The van der Waals surface area contributed by atoms with Gasteiger partial charge in [0.15, 0.2) is 0 Å². The molecule has 17 heavy (non-hydrogen) atoms. The molecule has 1 rings (SSSR count). The van der Waals surface area contributed by atoms with E-state index in [4.69, 9.17) is 13.9 Å². The second kappa shape index (κ2) is 6.07. The molecule has 1 aromatic rings. The second-order valence-corrected chi connectivity index (χ2v) is 5.54. The highest BCUT2D eigenvalue weighted by molar-refractivity contribution is 7.86. The summed E-state index contributed by atoms with van der Waals surface area (Å²) in [5.41, 5.74) is 0. The van der Waals surface area contributed by atoms with E-state index in [0.29, 0.717) is 6.07 Å². The van der Waals surface area contributed by atoms with Gasteiger partial charge in [0.25, 0.3) is 20.2 Å². The molecule has 0 aliphatic heterocycles. The Morgan fingerprint density at radius 1 is 1.00 bits per heavy atom. The van der Waals surface area contributed by atoms with Crippen LogP contribution in [0.3, 0.4) is 0 Å². The van der Waals surface area contributed by atoms with Crippen molar-refractivity contribution in [1.29, 1.82) is 0 Å². The van der Waals surface area contributed by atoms with E-state index in [1.807, 2.05) is 0 Å². The molecule has 0 bridgehead atoms. The first kappa shape index (κ1) is 16.0. The summed E-state index contributed by atoms with van der Waals surface area (Å²) in [5.74, 6) is 0.222. The topological polar surface area (TPSA) is 126 Å². The van der Waals surface area contributed by atoms with Crippen LogP contribution in [0.15, 0.2) is 34.1 Å². The van der Waals surface area contributed by atoms with Gasteiger partial charge >= 0.3 is 0 Å². The minimum Gasteiger partial charge on any atom is -0.285 e. The molecule has 0 saturated heterocycles. The number of rotatable bonds is 2. The predicted octanol–water partition coefficient (Wildman–Crippen LogP) is 0.595. The maximum atomic E-state index is 10.6. The summed E-state index contributed by atoms with van der Waals surface area (Å²) in [4.78, 5) is 7.39. The monoisotopic (exact) mass is 302 g/mol. The molecule has 96 valence electrons. The van der Waals surface area contributed by atoms with Crippen molar-refractivity contribution in [3.8, 4) is 0 Å². The summed E-state index contributed by atoms with van der Waals surface area (Å²) >= 11 is 4.32. The Bertz CT molecular complexity index is 543. The quantitative estimate of drug-likeness (QED) is 0.465. The SMILES string of the molecule is O=CCl.O=S(=O)(O)c1cccc(S(=O)(=O)O)c1. The molecule has 0 saturated carbocycles. The van der Waals surface area contributed by atoms with Crippen LogP contribution in [-0.4, -0.2) is 31.7 Å². The van der Waals surface area contributed by atoms with Gasteiger partial charge in [0, 0.05) is 0 Å². The van der Waals surface area contributed by atoms with E-state index in [0.717, 1.165) is 18.2 Å². The number of hydrogen-bond acceptors (Lipinski definition) is 5. The zero-order valence-corrected chi connectivity index (χ0v) is 10.4. The van der Waals surface area contributed by atoms with Crippen LogP contribution in [0.4, 0.5) is 0 Å². The van der Waals surface area contributed by atoms with Gasteiger partial charge in [0.1, 0.15) is 0 Å². The van der Waals surface area contributed by atoms with E-state index in [9.17, 15) is 16.8 Å². The highest BCUT2D eigenvalue weighted by Crippen LogP contribution is 2.14. The molecule has 2 N–H and O–H groups in total. The molecule has 0 heterocycles. The number of carbonyl (C=O) groups is 1. The Labute approximate surface area is 103 Å². The van der Waals surface area contributed by atoms with Gasteiger partial charge in [-0.2, -0.15) is 16.8 Å². The van der Waals surface area contributed by atoms with Crippen molar-refractivity contribution in [3.05, 3.63) is 24.3 Å². The van der Waals surface area contributed by atoms with Gasteiger partial charge < -0.3 is 0 Å². The molecule has 0 aromatic heterocycles. The number of carbonyl (C=O) groups excluding carboxylic acids is 1. The summed E-state index contributed by atoms with van der Waals surface area (Å²) < 4.78 is 59.5. The fraction of sp³-hybridized carbons (Fsp3) is 0. The molecule has 0 unspecified atom stereocenters. The maximum absolute atomic E-state index is 10.6. The lowest BCUT2D eigenvalue weighted by molar-refractivity contribution is 0.481. The molecular weight excluding hydrogens is 296 g/mol. The van der Waals surface area contributed by atoms with E-state index in [2.05, 4.69) is 11.6 Å². The zero-order valence-electron chi connectivity index (χ0n) is 8.02. The maximum Gasteiger partial charge on any atom is 0.294 e. The van der Waals surface area contributed by atoms with Crippen molar-refractivity contribution >= 4 is 37.6 Å². The van der Waals surface area contributed by atoms with Crippen molar-refractivity contribution < 1.29 is 30.7 Å². The number of halogens is 1. The van der Waals surface area contributed by atoms with Crippen molar-refractivity contribution in [2.75, 3.05) is 0 Å². The number of benzene rings is 1. The first-order valence-corrected chi connectivity index (χ1v) is 7.03. The Kier molecular flexibility index (Phi) is 5.72. The Morgan fingerprint density at radius 3 is 1.53 bits per heavy atom. The van der Waals surface area contributed by atoms with Gasteiger partial charge in [0.05, 0.1) is 9.79 Å². The summed E-state index contributed by atoms with van der Waals surface area (Å²) in [6.45, 7) is 0. The Morgan fingerprint density at radius 2 is 1.29 bits per heavy atom. The minimum absolute atomic E-state index is 0.222. The third kappa shape index (κ3) is 5.75. The molecule has 0 aliphatic rings. The summed E-state index contributed by atoms with van der Waals surface area (Å²) in [6.07, 6.45) is 0. The molecule has 0 spiro atoms. The third-order valence-corrected chi connectivity index (χ3v) is 3.10. The van der Waals surface area contributed by atoms with Gasteiger partial charge in [-0.05, 0) is 29.8 Å². The molecule has 7 nitrogen and oxygen atoms in total. The highest BCUT2D eigenvalue weighted by atomic mass is 35.5. The first-order valence-electron chi connectivity index (χ1n) is 3.72. The lowest BCUT2D eigenvalue weighted by atomic mass is 10.4. The van der Waals surface area contributed by atoms with Crippen molar-refractivity contribution in [1.82, 2.24) is 0 Å². The molecule has 0 aliphatic carbocycles. The molecule has 0 amide bonds. The molecule has 10 heteroatoms. The molecule has 0 radical (unpaired) electrons. The summed E-state index contributed by atoms with van der Waals surface area (Å²) in [6, 6.07) is 3.75. The van der Waals surface area contributed by atoms with Gasteiger partial charge in [-0.1, -0.05) is 6.07 Å². The molecular formula is C7H7ClO7S2. The lowest BCUT2D eigenvalue weighted by Gasteiger charge is -1.99. The van der Waals surface area contributed by atoms with E-state index in [-0.39, 0.29) is 5.75 Å². The third-order valence-electron chi connectivity index (χ3n) is 1.40. The van der Waals surface area contributed by atoms with E-state index < -0.39 is 30.0 Å². The Balaban J connectivity index is 0.000000770. The molecule has 1 aromatic carbocycles. The molecule has 0 fully saturated rings. The number of hydrogen-bond donors (Lipinski definition) is 2. The van der Waals surface area contributed by atoms with Crippen molar-refractivity contribution in [2.24, 2.45) is 0 Å². The van der Waals surface area contributed by atoms with Crippen LogP contribution < -0.4 is 0 Å². The minimum atomic E-state index is -4.46. The fourth-order valence-corrected chi connectivity index (χ4v) is 1.92. The van der Waals surface area contributed by atoms with Gasteiger partial charge in [-0.15, -0.1) is 0 Å². The van der Waals surface area contributed by atoms with Crippen LogP contribution in [0.25, 0.3) is 0 Å². The van der Waals surface area contributed by atoms with E-state index in [1.165, 1.54) is 0 Å². The summed E-state index contributed by atoms with van der Waals surface area (Å²) in [7, 11) is -8.92. The zero-order chi connectivity index (χ0) is 13.7. The van der Waals surface area contributed by atoms with Crippen LogP contribution in [0.5, 0.6) is 0 Å². The average molecular weight is 303 g/mol. The average Bonchev–Trinajstić information content (AvgIpc) is 2.16. The van der Waals surface area contributed by atoms with Crippen molar-refractivity contribution in [3.63, 3.8) is 0 Å². The van der Waals surface area contributed by atoms with Gasteiger partial charge in [-0.25, -0.2) is 0 Å². The van der Waals surface area contributed by atoms with E-state index >= 15 is 0 Å². The normalized spacial score (nSPS) is 11.2. The van der Waals surface area contributed by atoms with Crippen LogP contribution in [-0.2, 0) is 25.0 Å². The molecule has 0 atom stereocenters. The fourth-order valence-electron chi connectivity index (χ4n) is 0.795. The lowest BCUT2D eigenvalue weighted by Crippen LogP contribution is -2.02. The van der Waals surface area contributed by atoms with E-state index in [1.54, 1.807) is 0 Å². The predicted molar refractivity (Wildman–Crippen MR) is 58.7 cm³/mol. The van der Waals surface area contributed by atoms with Crippen molar-refractivity contribution in [2.45, 2.75) is 9.79 Å². The van der Waals surface area contributed by atoms with Gasteiger partial charge in [-0.3, -0.25) is 13.9 Å². The van der Waals surface area contributed by atoms with Crippen LogP contribution in [0.1, 0.15) is 0 Å². The second-order valence-electron chi connectivity index (χ2n) is 2.51. The van der Waals surface area contributed by atoms with Crippen LogP contribution in [0.2, 0.25) is 0 Å². The Hall–Kier alpha value is -1.00. The van der Waals surface area contributed by atoms with Gasteiger partial charge in [0.2, 0.25) is 5.75 Å². The summed E-state index contributed by atoms with van der Waals surface area (Å²) in [5, 5.41) is 0. The van der Waals surface area contributed by atoms with Crippen LogP contribution >= 0.6 is 11.6 Å².